The van der Waals surface area contributed by atoms with Crippen LogP contribution in [0.5, 0.6) is 0 Å². The molecule has 0 aromatic carbocycles. The van der Waals surface area contributed by atoms with Gasteiger partial charge in [-0.1, -0.05) is 41.5 Å². The lowest BCUT2D eigenvalue weighted by Crippen LogP contribution is -2.29. The zero-order valence-electron chi connectivity index (χ0n) is 17.0. The van der Waals surface area contributed by atoms with E-state index in [1.54, 1.807) is 25.4 Å². The first-order chi connectivity index (χ1) is 12.4. The van der Waals surface area contributed by atoms with E-state index in [1.165, 1.54) is 5.01 Å². The molecule has 0 saturated heterocycles. The fourth-order valence-electron chi connectivity index (χ4n) is 3.24. The van der Waals surface area contributed by atoms with Crippen molar-refractivity contribution in [2.24, 2.45) is 15.9 Å². The van der Waals surface area contributed by atoms with Gasteiger partial charge in [0.15, 0.2) is 11.5 Å². The molecule has 0 atom stereocenters. The first kappa shape index (κ1) is 19.1. The molecule has 2 heterocycles. The zero-order valence-corrected chi connectivity index (χ0v) is 17.0. The summed E-state index contributed by atoms with van der Waals surface area (Å²) >= 11 is 0. The standard InChI is InChI=1S/C22H26N2O3/c1-21(2,3)14-11-13(12-15(19(14)25)22(4,5)6)17-18(16-9-8-10-27-16)23-24(7)20(17)26/h8-12H,1-7H3. The summed E-state index contributed by atoms with van der Waals surface area (Å²) in [6.45, 7) is 12.1. The number of ketones is 1. The molecule has 2 aliphatic rings. The van der Waals surface area contributed by atoms with Crippen LogP contribution in [-0.4, -0.2) is 29.5 Å². The summed E-state index contributed by atoms with van der Waals surface area (Å²) in [6, 6.07) is 3.54. The average molecular weight is 366 g/mol. The number of hydrogen-bond acceptors (Lipinski definition) is 4. The van der Waals surface area contributed by atoms with E-state index in [4.69, 9.17) is 4.42 Å². The zero-order chi connectivity index (χ0) is 20.1. The lowest BCUT2D eigenvalue weighted by Gasteiger charge is -2.31. The number of hydrogen-bond donors (Lipinski definition) is 0. The van der Waals surface area contributed by atoms with Crippen molar-refractivity contribution in [3.05, 3.63) is 58.6 Å². The quantitative estimate of drug-likeness (QED) is 0.697. The van der Waals surface area contributed by atoms with E-state index in [-0.39, 0.29) is 22.5 Å². The molecule has 0 fully saturated rings. The van der Waals surface area contributed by atoms with Crippen LogP contribution in [0.4, 0.5) is 0 Å². The minimum absolute atomic E-state index is 0.0367. The highest BCUT2D eigenvalue weighted by Crippen LogP contribution is 2.40. The summed E-state index contributed by atoms with van der Waals surface area (Å²) in [4.78, 5) is 26.0. The van der Waals surface area contributed by atoms with Crippen molar-refractivity contribution in [1.29, 1.82) is 0 Å². The molecule has 1 aromatic heterocycles. The van der Waals surface area contributed by atoms with Gasteiger partial charge in [0, 0.05) is 18.2 Å². The summed E-state index contributed by atoms with van der Waals surface area (Å²) in [6.07, 6.45) is 5.23. The maximum Gasteiger partial charge on any atom is 0.276 e. The number of allylic oxidation sites excluding steroid dienone is 5. The van der Waals surface area contributed by atoms with Crippen LogP contribution < -0.4 is 0 Å². The van der Waals surface area contributed by atoms with E-state index in [9.17, 15) is 9.59 Å². The number of amides is 1. The fraction of sp³-hybridized carbons (Fsp3) is 0.409. The maximum atomic E-state index is 13.1. The van der Waals surface area contributed by atoms with Crippen molar-refractivity contribution >= 4 is 17.4 Å². The Morgan fingerprint density at radius 3 is 1.96 bits per heavy atom. The van der Waals surface area contributed by atoms with Gasteiger partial charge in [0.05, 0.1) is 11.8 Å². The average Bonchev–Trinajstić information content (AvgIpc) is 3.15. The van der Waals surface area contributed by atoms with Gasteiger partial charge in [-0.2, -0.15) is 5.10 Å². The Morgan fingerprint density at radius 1 is 0.963 bits per heavy atom. The Kier molecular flexibility index (Phi) is 4.37. The molecule has 1 aliphatic heterocycles. The third kappa shape index (κ3) is 3.34. The number of furan rings is 1. The molecule has 0 radical (unpaired) electrons. The number of Topliss-reactive ketones (excluding diaryl/α,β-unsaturated/α-hetero) is 1. The van der Waals surface area contributed by atoms with Gasteiger partial charge in [-0.3, -0.25) is 9.59 Å². The summed E-state index contributed by atoms with van der Waals surface area (Å²) in [5.74, 6) is 0.359. The topological polar surface area (TPSA) is 62.9 Å². The van der Waals surface area contributed by atoms with Crippen LogP contribution in [0.1, 0.15) is 47.3 Å². The first-order valence-electron chi connectivity index (χ1n) is 9.05. The Hall–Kier alpha value is -2.69. The molecule has 0 unspecified atom stereocenters. The largest absolute Gasteiger partial charge is 0.463 e. The van der Waals surface area contributed by atoms with Crippen LogP contribution in [0.2, 0.25) is 0 Å². The van der Waals surface area contributed by atoms with E-state index in [1.807, 2.05) is 53.7 Å². The number of rotatable bonds is 1. The van der Waals surface area contributed by atoms with E-state index in [2.05, 4.69) is 5.10 Å². The van der Waals surface area contributed by atoms with E-state index in [0.717, 1.165) is 0 Å². The summed E-state index contributed by atoms with van der Waals surface area (Å²) < 4.78 is 5.49. The maximum absolute atomic E-state index is 13.1. The number of carbonyl (C=O) groups is 2. The highest BCUT2D eigenvalue weighted by Gasteiger charge is 2.38. The van der Waals surface area contributed by atoms with E-state index < -0.39 is 0 Å². The molecule has 1 amide bonds. The van der Waals surface area contributed by atoms with Gasteiger partial charge in [-0.05, 0) is 40.7 Å². The Morgan fingerprint density at radius 2 is 1.52 bits per heavy atom. The second kappa shape index (κ2) is 6.19. The highest BCUT2D eigenvalue weighted by molar-refractivity contribution is 6.31. The van der Waals surface area contributed by atoms with Crippen molar-refractivity contribution < 1.29 is 14.0 Å². The predicted molar refractivity (Wildman–Crippen MR) is 105 cm³/mol. The van der Waals surface area contributed by atoms with Crippen LogP contribution in [0.15, 0.2) is 62.4 Å². The molecular weight excluding hydrogens is 340 g/mol. The van der Waals surface area contributed by atoms with E-state index >= 15 is 0 Å². The number of hydrazone groups is 1. The van der Waals surface area contributed by atoms with Gasteiger partial charge in [-0.15, -0.1) is 0 Å². The van der Waals surface area contributed by atoms with Crippen LogP contribution in [-0.2, 0) is 9.59 Å². The molecule has 0 N–H and O–H groups in total. The SMILES string of the molecule is CN1N=C(c2ccco2)C(=C2C=C(C(C)(C)C)C(=O)C(C(C)(C)C)=C2)C1=O. The molecule has 142 valence electrons. The van der Waals surface area contributed by atoms with E-state index in [0.29, 0.717) is 33.8 Å². The van der Waals surface area contributed by atoms with Crippen LogP contribution in [0.25, 0.3) is 0 Å². The molecule has 1 aromatic rings. The molecule has 5 nitrogen and oxygen atoms in total. The van der Waals surface area contributed by atoms with Gasteiger partial charge < -0.3 is 4.42 Å². The molecule has 0 spiro atoms. The normalized spacial score (nSPS) is 18.8. The lowest BCUT2D eigenvalue weighted by atomic mass is 9.71. The van der Waals surface area contributed by atoms with Crippen LogP contribution in [0.3, 0.4) is 0 Å². The second-order valence-corrected chi connectivity index (χ2v) is 9.03. The Bertz CT molecular complexity index is 891. The second-order valence-electron chi connectivity index (χ2n) is 9.03. The summed E-state index contributed by atoms with van der Waals surface area (Å²) in [5.41, 5.74) is 2.35. The lowest BCUT2D eigenvalue weighted by molar-refractivity contribution is -0.124. The molecule has 0 saturated carbocycles. The Balaban J connectivity index is 2.29. The van der Waals surface area contributed by atoms with Gasteiger partial charge in [0.25, 0.3) is 5.91 Å². The third-order valence-electron chi connectivity index (χ3n) is 4.74. The van der Waals surface area contributed by atoms with Gasteiger partial charge in [0.2, 0.25) is 0 Å². The monoisotopic (exact) mass is 366 g/mol. The van der Waals surface area contributed by atoms with Crippen molar-refractivity contribution in [3.63, 3.8) is 0 Å². The predicted octanol–water partition coefficient (Wildman–Crippen LogP) is 4.28. The fourth-order valence-corrected chi connectivity index (χ4v) is 3.24. The molecule has 0 bridgehead atoms. The third-order valence-corrected chi connectivity index (χ3v) is 4.74. The highest BCUT2D eigenvalue weighted by atomic mass is 16.3. The summed E-state index contributed by atoms with van der Waals surface area (Å²) in [7, 11) is 1.62. The van der Waals surface area contributed by atoms with Crippen molar-refractivity contribution in [3.8, 4) is 0 Å². The smallest absolute Gasteiger partial charge is 0.276 e. The molecule has 1 aliphatic carbocycles. The van der Waals surface area contributed by atoms with Crippen molar-refractivity contribution in [2.75, 3.05) is 7.05 Å². The molecule has 3 rings (SSSR count). The minimum Gasteiger partial charge on any atom is -0.463 e. The number of nitrogens with zero attached hydrogens (tertiary/aromatic N) is 2. The molecule has 5 heteroatoms. The Labute approximate surface area is 160 Å². The summed E-state index contributed by atoms with van der Waals surface area (Å²) in [5, 5.41) is 5.68. The van der Waals surface area contributed by atoms with Gasteiger partial charge in [0.1, 0.15) is 5.71 Å². The van der Waals surface area contributed by atoms with Gasteiger partial charge in [-0.25, -0.2) is 5.01 Å². The minimum atomic E-state index is -0.344. The van der Waals surface area contributed by atoms with Gasteiger partial charge >= 0.3 is 0 Å². The number of carbonyl (C=O) groups excluding carboxylic acids is 2. The van der Waals surface area contributed by atoms with Crippen LogP contribution >= 0.6 is 0 Å². The van der Waals surface area contributed by atoms with Crippen LogP contribution in [0, 0.1) is 10.8 Å². The number of likely N-dealkylation sites (N-methyl/N-ethyl adjacent to an activating group) is 1. The van der Waals surface area contributed by atoms with Crippen molar-refractivity contribution in [2.45, 2.75) is 41.5 Å². The molecular formula is C22H26N2O3. The first-order valence-corrected chi connectivity index (χ1v) is 9.05. The molecule has 27 heavy (non-hydrogen) atoms. The van der Waals surface area contributed by atoms with Crippen molar-refractivity contribution in [1.82, 2.24) is 5.01 Å².